The molecule has 0 spiro atoms. The maximum absolute atomic E-state index is 12.5. The van der Waals surface area contributed by atoms with Crippen LogP contribution in [0, 0.1) is 0 Å². The number of aromatic nitrogens is 1. The van der Waals surface area contributed by atoms with Crippen molar-refractivity contribution in [3.05, 3.63) is 29.3 Å². The number of nitrogens with zero attached hydrogens (tertiary/aromatic N) is 2. The highest BCUT2D eigenvalue weighted by atomic mass is 32.1. The standard InChI is InChI=1S/C19H22N4O5S/c1-2-26-19(25)23-7-5-12(6-8-23)20-17(24)14-10-29-18(22-14)21-13-3-4-15-16(9-13)28-11-27-15/h3-4,9-10,12H,2,5-8,11H2,1H3,(H,20,24)(H,21,22). The van der Waals surface area contributed by atoms with Gasteiger partial charge in [0, 0.05) is 36.3 Å². The van der Waals surface area contributed by atoms with Gasteiger partial charge in [0.15, 0.2) is 16.6 Å². The molecule has 0 aliphatic carbocycles. The Hall–Kier alpha value is -3.01. The molecule has 2 aliphatic heterocycles. The van der Waals surface area contributed by atoms with Gasteiger partial charge in [-0.15, -0.1) is 11.3 Å². The van der Waals surface area contributed by atoms with Crippen molar-refractivity contribution in [1.82, 2.24) is 15.2 Å². The third-order valence-corrected chi connectivity index (χ3v) is 5.47. The predicted molar refractivity (Wildman–Crippen MR) is 107 cm³/mol. The van der Waals surface area contributed by atoms with Gasteiger partial charge in [0.05, 0.1) is 6.61 Å². The van der Waals surface area contributed by atoms with E-state index in [0.717, 1.165) is 5.69 Å². The van der Waals surface area contributed by atoms with Gasteiger partial charge in [-0.2, -0.15) is 0 Å². The number of benzene rings is 1. The van der Waals surface area contributed by atoms with E-state index in [1.807, 2.05) is 18.2 Å². The molecule has 1 aromatic carbocycles. The molecule has 0 saturated carbocycles. The minimum absolute atomic E-state index is 0.0140. The van der Waals surface area contributed by atoms with Crippen LogP contribution in [0.15, 0.2) is 23.6 Å². The van der Waals surface area contributed by atoms with Gasteiger partial charge in [-0.05, 0) is 31.9 Å². The maximum atomic E-state index is 12.5. The van der Waals surface area contributed by atoms with Gasteiger partial charge in [0.1, 0.15) is 5.69 Å². The minimum atomic E-state index is -0.295. The van der Waals surface area contributed by atoms with Crippen molar-refractivity contribution in [3.8, 4) is 11.5 Å². The van der Waals surface area contributed by atoms with Crippen LogP contribution in [0.1, 0.15) is 30.3 Å². The Labute approximate surface area is 172 Å². The highest BCUT2D eigenvalue weighted by Gasteiger charge is 2.25. The van der Waals surface area contributed by atoms with Crippen LogP contribution >= 0.6 is 11.3 Å². The normalized spacial score (nSPS) is 15.8. The third kappa shape index (κ3) is 4.53. The summed E-state index contributed by atoms with van der Waals surface area (Å²) >= 11 is 1.35. The maximum Gasteiger partial charge on any atom is 0.409 e. The van der Waals surface area contributed by atoms with E-state index in [1.165, 1.54) is 11.3 Å². The lowest BCUT2D eigenvalue weighted by atomic mass is 10.1. The molecule has 1 saturated heterocycles. The zero-order valence-corrected chi connectivity index (χ0v) is 16.8. The zero-order valence-electron chi connectivity index (χ0n) is 16.0. The number of hydrogen-bond donors (Lipinski definition) is 2. The van der Waals surface area contributed by atoms with Crippen molar-refractivity contribution >= 4 is 34.2 Å². The molecule has 2 aromatic rings. The summed E-state index contributed by atoms with van der Waals surface area (Å²) in [5, 5.41) is 8.51. The Morgan fingerprint density at radius 3 is 2.86 bits per heavy atom. The van der Waals surface area contributed by atoms with Gasteiger partial charge in [-0.1, -0.05) is 0 Å². The van der Waals surface area contributed by atoms with Crippen molar-refractivity contribution in [2.45, 2.75) is 25.8 Å². The van der Waals surface area contributed by atoms with Crippen LogP contribution in [0.2, 0.25) is 0 Å². The van der Waals surface area contributed by atoms with Crippen LogP contribution in [0.5, 0.6) is 11.5 Å². The summed E-state index contributed by atoms with van der Waals surface area (Å²) in [6.07, 6.45) is 1.09. The molecule has 3 heterocycles. The predicted octanol–water partition coefficient (Wildman–Crippen LogP) is 2.97. The fourth-order valence-corrected chi connectivity index (χ4v) is 3.92. The molecule has 0 radical (unpaired) electrons. The monoisotopic (exact) mass is 418 g/mol. The largest absolute Gasteiger partial charge is 0.454 e. The number of fused-ring (bicyclic) bond motifs is 1. The second kappa shape index (κ2) is 8.56. The summed E-state index contributed by atoms with van der Waals surface area (Å²) in [7, 11) is 0. The molecule has 1 aromatic heterocycles. The number of likely N-dealkylation sites (tertiary alicyclic amines) is 1. The van der Waals surface area contributed by atoms with Crippen molar-refractivity contribution in [2.24, 2.45) is 0 Å². The van der Waals surface area contributed by atoms with E-state index < -0.39 is 0 Å². The van der Waals surface area contributed by atoms with Gasteiger partial charge >= 0.3 is 6.09 Å². The molecule has 2 amide bonds. The molecule has 0 atom stereocenters. The summed E-state index contributed by atoms with van der Waals surface area (Å²) in [6, 6.07) is 5.54. The minimum Gasteiger partial charge on any atom is -0.454 e. The molecule has 2 N–H and O–H groups in total. The number of rotatable bonds is 5. The van der Waals surface area contributed by atoms with Crippen LogP contribution in [0.3, 0.4) is 0 Å². The molecule has 4 rings (SSSR count). The van der Waals surface area contributed by atoms with E-state index >= 15 is 0 Å². The second-order valence-electron chi connectivity index (χ2n) is 6.66. The Morgan fingerprint density at radius 2 is 2.07 bits per heavy atom. The smallest absolute Gasteiger partial charge is 0.409 e. The average Bonchev–Trinajstić information content (AvgIpc) is 3.38. The topological polar surface area (TPSA) is 102 Å². The lowest BCUT2D eigenvalue weighted by molar-refractivity contribution is 0.0857. The molecule has 154 valence electrons. The number of thiazole rings is 1. The van der Waals surface area contributed by atoms with Gasteiger partial charge < -0.3 is 29.7 Å². The fraction of sp³-hybridized carbons (Fsp3) is 0.421. The van der Waals surface area contributed by atoms with E-state index in [2.05, 4.69) is 15.6 Å². The van der Waals surface area contributed by atoms with Gasteiger partial charge in [0.25, 0.3) is 5.91 Å². The van der Waals surface area contributed by atoms with E-state index in [-0.39, 0.29) is 24.8 Å². The van der Waals surface area contributed by atoms with Crippen LogP contribution in [0.25, 0.3) is 0 Å². The molecule has 0 bridgehead atoms. The summed E-state index contributed by atoms with van der Waals surface area (Å²) in [6.45, 7) is 3.50. The lowest BCUT2D eigenvalue weighted by Crippen LogP contribution is -2.46. The number of piperidine rings is 1. The number of hydrogen-bond acceptors (Lipinski definition) is 8. The summed E-state index contributed by atoms with van der Waals surface area (Å²) in [4.78, 5) is 30.3. The zero-order chi connectivity index (χ0) is 20.2. The Morgan fingerprint density at radius 1 is 1.28 bits per heavy atom. The SMILES string of the molecule is CCOC(=O)N1CCC(NC(=O)c2csc(Nc3ccc4c(c3)OCO4)n2)CC1. The van der Waals surface area contributed by atoms with E-state index in [4.69, 9.17) is 14.2 Å². The first-order valence-corrected chi connectivity index (χ1v) is 10.3. The first-order chi connectivity index (χ1) is 14.1. The first-order valence-electron chi connectivity index (χ1n) is 9.47. The second-order valence-corrected chi connectivity index (χ2v) is 7.52. The molecule has 2 aliphatic rings. The number of carbonyl (C=O) groups is 2. The number of amides is 2. The van der Waals surface area contributed by atoms with Crippen molar-refractivity contribution < 1.29 is 23.8 Å². The van der Waals surface area contributed by atoms with Crippen molar-refractivity contribution in [2.75, 3.05) is 31.8 Å². The van der Waals surface area contributed by atoms with Crippen LogP contribution in [0.4, 0.5) is 15.6 Å². The van der Waals surface area contributed by atoms with E-state index in [1.54, 1.807) is 17.2 Å². The first kappa shape index (κ1) is 19.3. The quantitative estimate of drug-likeness (QED) is 0.770. The highest BCUT2D eigenvalue weighted by molar-refractivity contribution is 7.14. The fourth-order valence-electron chi connectivity index (χ4n) is 3.21. The van der Waals surface area contributed by atoms with Crippen LogP contribution in [-0.2, 0) is 4.74 Å². The van der Waals surface area contributed by atoms with Gasteiger partial charge in [0.2, 0.25) is 6.79 Å². The molecule has 0 unspecified atom stereocenters. The summed E-state index contributed by atoms with van der Waals surface area (Å²) in [5.41, 5.74) is 1.17. The number of carbonyl (C=O) groups excluding carboxylic acids is 2. The molecule has 9 nitrogen and oxygen atoms in total. The van der Waals surface area contributed by atoms with Gasteiger partial charge in [-0.25, -0.2) is 9.78 Å². The molecule has 10 heteroatoms. The summed E-state index contributed by atoms with van der Waals surface area (Å²) < 4.78 is 15.7. The van der Waals surface area contributed by atoms with Crippen molar-refractivity contribution in [3.63, 3.8) is 0 Å². The summed E-state index contributed by atoms with van der Waals surface area (Å²) in [5.74, 6) is 1.18. The van der Waals surface area contributed by atoms with Crippen LogP contribution in [-0.4, -0.2) is 54.4 Å². The highest BCUT2D eigenvalue weighted by Crippen LogP contribution is 2.35. The Kier molecular flexibility index (Phi) is 5.70. The van der Waals surface area contributed by atoms with E-state index in [9.17, 15) is 9.59 Å². The Balaban J connectivity index is 1.29. The van der Waals surface area contributed by atoms with Crippen molar-refractivity contribution in [1.29, 1.82) is 0 Å². The third-order valence-electron chi connectivity index (χ3n) is 4.72. The number of anilines is 2. The number of ether oxygens (including phenoxy) is 3. The van der Waals surface area contributed by atoms with Crippen LogP contribution < -0.4 is 20.1 Å². The Bertz CT molecular complexity index is 894. The number of nitrogens with one attached hydrogen (secondary N) is 2. The molecular formula is C19H22N4O5S. The average molecular weight is 418 g/mol. The van der Waals surface area contributed by atoms with Gasteiger partial charge in [-0.3, -0.25) is 4.79 Å². The lowest BCUT2D eigenvalue weighted by Gasteiger charge is -2.31. The van der Waals surface area contributed by atoms with E-state index in [0.29, 0.717) is 54.9 Å². The molecule has 29 heavy (non-hydrogen) atoms. The molecule has 1 fully saturated rings. The molecular weight excluding hydrogens is 396 g/mol.